The summed E-state index contributed by atoms with van der Waals surface area (Å²) in [6, 6.07) is 0. The lowest BCUT2D eigenvalue weighted by Gasteiger charge is -2.10. The Morgan fingerprint density at radius 1 is 1.20 bits per heavy atom. The van der Waals surface area contributed by atoms with Gasteiger partial charge in [0.2, 0.25) is 5.28 Å². The second-order valence-corrected chi connectivity index (χ2v) is 6.15. The first-order chi connectivity index (χ1) is 7.25. The molecule has 0 spiro atoms. The molecule has 2 aromatic rings. The summed E-state index contributed by atoms with van der Waals surface area (Å²) in [4.78, 5) is 10.5. The summed E-state index contributed by atoms with van der Waals surface area (Å²) in [5.74, 6) is 2.21. The highest BCUT2D eigenvalue weighted by Gasteiger charge is 2.20. The van der Waals surface area contributed by atoms with E-state index < -0.39 is 0 Å². The maximum Gasteiger partial charge on any atom is 0.225 e. The fourth-order valence-electron chi connectivity index (χ4n) is 1.76. The Morgan fingerprint density at radius 3 is 2.93 bits per heavy atom. The second kappa shape index (κ2) is 3.77. The molecule has 3 heterocycles. The van der Waals surface area contributed by atoms with E-state index in [-0.39, 0.29) is 5.28 Å². The molecule has 0 N–H and O–H groups in total. The van der Waals surface area contributed by atoms with E-state index >= 15 is 0 Å². The average molecular weight is 277 g/mol. The molecule has 0 radical (unpaired) electrons. The molecule has 3 rings (SSSR count). The van der Waals surface area contributed by atoms with Crippen molar-refractivity contribution in [2.24, 2.45) is 0 Å². The van der Waals surface area contributed by atoms with Crippen molar-refractivity contribution >= 4 is 56.5 Å². The van der Waals surface area contributed by atoms with Crippen molar-refractivity contribution in [1.82, 2.24) is 9.97 Å². The normalized spacial score (nSPS) is 15.6. The van der Waals surface area contributed by atoms with Crippen LogP contribution in [-0.2, 0) is 12.2 Å². The van der Waals surface area contributed by atoms with Crippen LogP contribution in [0.25, 0.3) is 10.2 Å². The van der Waals surface area contributed by atoms with Gasteiger partial charge in [0.1, 0.15) is 9.98 Å². The van der Waals surface area contributed by atoms with E-state index in [4.69, 9.17) is 23.2 Å². The van der Waals surface area contributed by atoms with Crippen LogP contribution in [0.5, 0.6) is 0 Å². The first-order valence-corrected chi connectivity index (χ1v) is 7.19. The third-order valence-corrected chi connectivity index (χ3v) is 5.13. The molecule has 1 aliphatic rings. The van der Waals surface area contributed by atoms with Crippen molar-refractivity contribution in [3.63, 3.8) is 0 Å². The predicted molar refractivity (Wildman–Crippen MR) is 67.3 cm³/mol. The van der Waals surface area contributed by atoms with Crippen LogP contribution in [0.15, 0.2) is 0 Å². The summed E-state index contributed by atoms with van der Waals surface area (Å²) in [5, 5.41) is 1.74. The molecule has 0 atom stereocenters. The number of thioether (sulfide) groups is 1. The molecule has 0 bridgehead atoms. The van der Waals surface area contributed by atoms with Gasteiger partial charge < -0.3 is 0 Å². The average Bonchev–Trinajstić information content (AvgIpc) is 2.54. The summed E-state index contributed by atoms with van der Waals surface area (Å²) in [6.45, 7) is 0. The van der Waals surface area contributed by atoms with Gasteiger partial charge in [-0.1, -0.05) is 11.6 Å². The highest BCUT2D eigenvalue weighted by Crippen LogP contribution is 2.39. The number of rotatable bonds is 0. The number of halogens is 2. The quantitative estimate of drug-likeness (QED) is 0.541. The molecule has 2 nitrogen and oxygen atoms in total. The van der Waals surface area contributed by atoms with Crippen LogP contribution in [0.4, 0.5) is 0 Å². The van der Waals surface area contributed by atoms with Crippen molar-refractivity contribution in [2.45, 2.75) is 12.2 Å². The van der Waals surface area contributed by atoms with Crippen LogP contribution in [0.3, 0.4) is 0 Å². The molecule has 6 heteroatoms. The minimum Gasteiger partial charge on any atom is -0.207 e. The van der Waals surface area contributed by atoms with Gasteiger partial charge in [0.15, 0.2) is 0 Å². The first-order valence-electron chi connectivity index (χ1n) is 4.47. The Bertz CT molecular complexity index is 538. The van der Waals surface area contributed by atoms with Crippen molar-refractivity contribution in [3.8, 4) is 0 Å². The molecule has 0 unspecified atom stereocenters. The highest BCUT2D eigenvalue weighted by molar-refractivity contribution is 7.98. The van der Waals surface area contributed by atoms with Gasteiger partial charge >= 0.3 is 0 Å². The second-order valence-electron chi connectivity index (χ2n) is 3.27. The summed E-state index contributed by atoms with van der Waals surface area (Å²) >= 11 is 15.5. The van der Waals surface area contributed by atoms with Gasteiger partial charge in [0, 0.05) is 10.6 Å². The van der Waals surface area contributed by atoms with Crippen LogP contribution in [-0.4, -0.2) is 15.7 Å². The van der Waals surface area contributed by atoms with Crippen LogP contribution in [0, 0.1) is 0 Å². The Balaban J connectivity index is 2.37. The summed E-state index contributed by atoms with van der Waals surface area (Å²) in [6.07, 6.45) is 1.06. The predicted octanol–water partition coefficient (Wildman–Crippen LogP) is 3.79. The molecule has 0 saturated heterocycles. The fraction of sp³-hybridized carbons (Fsp3) is 0.333. The number of hydrogen-bond acceptors (Lipinski definition) is 4. The highest BCUT2D eigenvalue weighted by atomic mass is 35.5. The van der Waals surface area contributed by atoms with Gasteiger partial charge in [0.25, 0.3) is 0 Å². The Kier molecular flexibility index (Phi) is 2.55. The van der Waals surface area contributed by atoms with Crippen molar-refractivity contribution in [1.29, 1.82) is 0 Å². The topological polar surface area (TPSA) is 25.8 Å². The van der Waals surface area contributed by atoms with Gasteiger partial charge in [-0.3, -0.25) is 0 Å². The van der Waals surface area contributed by atoms with E-state index in [0.29, 0.717) is 5.15 Å². The van der Waals surface area contributed by atoms with E-state index in [1.807, 2.05) is 11.8 Å². The molecule has 78 valence electrons. The van der Waals surface area contributed by atoms with Crippen LogP contribution < -0.4 is 0 Å². The Labute approximate surface area is 105 Å². The Morgan fingerprint density at radius 2 is 2.07 bits per heavy atom. The molecular formula is C9H6Cl2N2S2. The molecule has 0 aromatic carbocycles. The maximum absolute atomic E-state index is 6.10. The van der Waals surface area contributed by atoms with E-state index in [1.54, 1.807) is 11.3 Å². The van der Waals surface area contributed by atoms with E-state index in [9.17, 15) is 0 Å². The smallest absolute Gasteiger partial charge is 0.207 e. The van der Waals surface area contributed by atoms with Gasteiger partial charge in [-0.2, -0.15) is 11.8 Å². The fourth-order valence-corrected chi connectivity index (χ4v) is 4.71. The van der Waals surface area contributed by atoms with Crippen molar-refractivity contribution in [2.75, 3.05) is 5.75 Å². The number of fused-ring (bicyclic) bond motifs is 3. The zero-order chi connectivity index (χ0) is 10.4. The largest absolute Gasteiger partial charge is 0.225 e. The van der Waals surface area contributed by atoms with Crippen LogP contribution in [0.2, 0.25) is 10.4 Å². The third kappa shape index (κ3) is 1.64. The molecule has 0 fully saturated rings. The summed E-state index contributed by atoms with van der Waals surface area (Å²) < 4.78 is 0. The maximum atomic E-state index is 6.10. The van der Waals surface area contributed by atoms with E-state index in [0.717, 1.165) is 28.1 Å². The van der Waals surface area contributed by atoms with Gasteiger partial charge in [0.05, 0.1) is 5.39 Å². The number of aryl methyl sites for hydroxylation is 1. The standard InChI is InChI=1S/C9H6Cl2N2S2/c10-7-6-4-1-2-14-3-5(4)15-8(6)13-9(11)12-7/h1-3H2. The molecule has 1 aliphatic heterocycles. The number of thiophene rings is 1. The summed E-state index contributed by atoms with van der Waals surface area (Å²) in [7, 11) is 0. The first kappa shape index (κ1) is 10.1. The van der Waals surface area contributed by atoms with E-state index in [2.05, 4.69) is 9.97 Å². The number of aromatic nitrogens is 2. The lowest BCUT2D eigenvalue weighted by Crippen LogP contribution is -1.98. The van der Waals surface area contributed by atoms with Crippen LogP contribution in [0.1, 0.15) is 10.4 Å². The van der Waals surface area contributed by atoms with Gasteiger partial charge in [-0.15, -0.1) is 11.3 Å². The monoisotopic (exact) mass is 276 g/mol. The lowest BCUT2D eigenvalue weighted by molar-refractivity contribution is 1.12. The SMILES string of the molecule is Clc1nc(Cl)c2c3c(sc2n1)CSCC3. The zero-order valence-electron chi connectivity index (χ0n) is 7.59. The molecule has 15 heavy (non-hydrogen) atoms. The van der Waals surface area contributed by atoms with Crippen molar-refractivity contribution < 1.29 is 0 Å². The summed E-state index contributed by atoms with van der Waals surface area (Å²) in [5.41, 5.74) is 1.33. The van der Waals surface area contributed by atoms with Gasteiger partial charge in [-0.25, -0.2) is 9.97 Å². The number of hydrogen-bond donors (Lipinski definition) is 0. The number of nitrogens with zero attached hydrogens (tertiary/aromatic N) is 2. The zero-order valence-corrected chi connectivity index (χ0v) is 10.7. The molecule has 0 saturated carbocycles. The third-order valence-electron chi connectivity index (χ3n) is 2.39. The Hall–Kier alpha value is -0.0300. The van der Waals surface area contributed by atoms with Crippen LogP contribution >= 0.6 is 46.3 Å². The molecule has 2 aromatic heterocycles. The lowest BCUT2D eigenvalue weighted by atomic mass is 10.1. The van der Waals surface area contributed by atoms with Crippen molar-refractivity contribution in [3.05, 3.63) is 20.9 Å². The minimum atomic E-state index is 0.235. The van der Waals surface area contributed by atoms with Gasteiger partial charge in [-0.05, 0) is 29.3 Å². The van der Waals surface area contributed by atoms with E-state index in [1.165, 1.54) is 10.4 Å². The molecule has 0 aliphatic carbocycles. The minimum absolute atomic E-state index is 0.235. The molecular weight excluding hydrogens is 271 g/mol. The molecule has 0 amide bonds.